The minimum Gasteiger partial charge on any atom is -0.457 e. The van der Waals surface area contributed by atoms with E-state index in [1.807, 2.05) is 60.7 Å². The van der Waals surface area contributed by atoms with Crippen molar-refractivity contribution in [3.8, 4) is 79.0 Å². The predicted molar refractivity (Wildman–Crippen MR) is 412 cm³/mol. The highest BCUT2D eigenvalue weighted by atomic mass is 35.5. The quantitative estimate of drug-likeness (QED) is 0.0978. The average Bonchev–Trinajstić information content (AvgIpc) is 1.50. The Morgan fingerprint density at radius 2 is 0.598 bits per heavy atom. The van der Waals surface area contributed by atoms with Crippen LogP contribution in [0.1, 0.15) is 72.2 Å². The Hall–Kier alpha value is -11.8. The highest BCUT2D eigenvalue weighted by Gasteiger charge is 2.55. The second-order valence-electron chi connectivity index (χ2n) is 27.8. The summed E-state index contributed by atoms with van der Waals surface area (Å²) in [6.45, 7) is 8.33. The van der Waals surface area contributed by atoms with Crippen molar-refractivity contribution in [2.75, 3.05) is 0 Å². The molecule has 0 unspecified atom stereocenters. The molecule has 0 N–H and O–H groups in total. The van der Waals surface area contributed by atoms with E-state index in [0.29, 0.717) is 5.15 Å². The van der Waals surface area contributed by atoms with E-state index in [-0.39, 0.29) is 0 Å². The molecule has 4 aromatic heterocycles. The fourth-order valence-corrected chi connectivity index (χ4v) is 16.4. The van der Waals surface area contributed by atoms with Gasteiger partial charge in [-0.3, -0.25) is 0 Å². The standard InChI is InChI=1S/C43H26N2O.C31H27BO3.C18H11ClN2/c1-2-10-27(11-3-1)37-24-21-28-18-19-29-22-25-38(45-42(29)41(28)44-37)30-20-23-36-40(26-30)46-39-17-9-8-16-35(39)43(36)33-14-6-4-12-31(33)32-13-5-7-15-34(32)43;1-29(2)30(3,4)35-32(34-29)20-17-18-26-28(19-20)33-27-16-10-9-15-25(27)31(26)23-13-7-5-11-21(23)22-12-6-8-14-24(22)31;19-16-11-9-14-7-6-13-8-10-15(12-4-2-1-3-5-12)20-17(13)18(14)21-16/h1-26H;5-19H,1-4H3;1-11H. The first-order chi connectivity index (χ1) is 49.9. The Morgan fingerprint density at radius 3 is 1.03 bits per heavy atom. The van der Waals surface area contributed by atoms with E-state index in [2.05, 4.69) is 281 Å². The second-order valence-corrected chi connectivity index (χ2v) is 28.2. The predicted octanol–water partition coefficient (Wildman–Crippen LogP) is 22.1. The molecule has 0 bridgehead atoms. The van der Waals surface area contributed by atoms with Gasteiger partial charge in [-0.1, -0.05) is 272 Å². The van der Waals surface area contributed by atoms with Crippen LogP contribution in [-0.2, 0) is 20.1 Å². The maximum Gasteiger partial charge on any atom is 0.494 e. The average molecular weight is 1340 g/mol. The van der Waals surface area contributed by atoms with Crippen molar-refractivity contribution in [1.82, 2.24) is 19.9 Å². The molecule has 3 aliphatic heterocycles. The van der Waals surface area contributed by atoms with E-state index >= 15 is 0 Å². The molecule has 8 nitrogen and oxygen atoms in total. The zero-order valence-electron chi connectivity index (χ0n) is 56.4. The summed E-state index contributed by atoms with van der Waals surface area (Å²) >= 11 is 6.04. The molecule has 10 heteroatoms. The number of hydrogen-bond acceptors (Lipinski definition) is 8. The van der Waals surface area contributed by atoms with Crippen molar-refractivity contribution in [2.24, 2.45) is 0 Å². The molecule has 2 aliphatic carbocycles. The molecule has 16 aromatic rings. The third kappa shape index (κ3) is 9.52. The molecule has 1 saturated heterocycles. The summed E-state index contributed by atoms with van der Waals surface area (Å²) in [6, 6.07) is 110. The van der Waals surface area contributed by atoms with E-state index in [1.165, 1.54) is 55.6 Å². The zero-order valence-corrected chi connectivity index (χ0v) is 57.2. The molecule has 0 amide bonds. The molecule has 21 rings (SSSR count). The third-order valence-corrected chi connectivity index (χ3v) is 21.9. The summed E-state index contributed by atoms with van der Waals surface area (Å²) in [5.74, 6) is 3.47. The largest absolute Gasteiger partial charge is 0.494 e. The number of pyridine rings is 4. The Kier molecular flexibility index (Phi) is 14.2. The van der Waals surface area contributed by atoms with Crippen LogP contribution in [0.4, 0.5) is 0 Å². The molecule has 102 heavy (non-hydrogen) atoms. The number of ether oxygens (including phenoxy) is 2. The van der Waals surface area contributed by atoms with Gasteiger partial charge in [0.2, 0.25) is 0 Å². The molecule has 5 aliphatic rings. The van der Waals surface area contributed by atoms with Gasteiger partial charge in [-0.05, 0) is 132 Å². The SMILES string of the molecule is CC1(C)OB(c2ccc3c(c2)Oc2ccccc2C32c3ccccc3-c3ccccc32)OC1(C)C.Clc1ccc2ccc3ccc(-c4ccccc4)nc3c2n1.c1ccc(-c2ccc3ccc4ccc(-c5ccc6c(c5)Oc5ccccc5C65c6ccccc6-c6ccccc65)nc4c3n2)cc1. The van der Waals surface area contributed by atoms with Crippen LogP contribution in [0.5, 0.6) is 23.0 Å². The van der Waals surface area contributed by atoms with Crippen molar-refractivity contribution in [3.63, 3.8) is 0 Å². The number of rotatable bonds is 4. The Bertz CT molecular complexity index is 5990. The normalized spacial score (nSPS) is 15.1. The molecule has 0 atom stereocenters. The fourth-order valence-electron chi connectivity index (χ4n) is 16.2. The van der Waals surface area contributed by atoms with E-state index in [4.69, 9.17) is 45.3 Å². The van der Waals surface area contributed by atoms with Crippen LogP contribution >= 0.6 is 11.6 Å². The maximum atomic E-state index is 6.74. The lowest BCUT2D eigenvalue weighted by molar-refractivity contribution is 0.00578. The summed E-state index contributed by atoms with van der Waals surface area (Å²) in [5.41, 5.74) is 23.7. The summed E-state index contributed by atoms with van der Waals surface area (Å²) in [4.78, 5) is 19.6. The van der Waals surface area contributed by atoms with Crippen LogP contribution in [0.25, 0.3) is 99.6 Å². The zero-order chi connectivity index (χ0) is 68.5. The first-order valence-electron chi connectivity index (χ1n) is 34.7. The molecule has 486 valence electrons. The van der Waals surface area contributed by atoms with Gasteiger partial charge < -0.3 is 18.8 Å². The molecular formula is C92H64BClN4O4. The van der Waals surface area contributed by atoms with Gasteiger partial charge in [0.15, 0.2) is 0 Å². The Labute approximate surface area is 596 Å². The third-order valence-electron chi connectivity index (χ3n) is 21.7. The summed E-state index contributed by atoms with van der Waals surface area (Å²) in [7, 11) is -0.440. The number of benzene rings is 12. The van der Waals surface area contributed by atoms with Gasteiger partial charge >= 0.3 is 7.12 Å². The van der Waals surface area contributed by atoms with Crippen molar-refractivity contribution in [1.29, 1.82) is 0 Å². The van der Waals surface area contributed by atoms with Crippen LogP contribution in [0.15, 0.2) is 315 Å². The molecular weight excluding hydrogens is 1270 g/mol. The Balaban J connectivity index is 0.000000113. The molecule has 0 saturated carbocycles. The van der Waals surface area contributed by atoms with Crippen LogP contribution in [0.3, 0.4) is 0 Å². The summed E-state index contributed by atoms with van der Waals surface area (Å²) in [6.07, 6.45) is 0. The second kappa shape index (κ2) is 23.7. The minimum absolute atomic E-state index is 0.397. The number of nitrogens with zero attached hydrogens (tertiary/aromatic N) is 4. The van der Waals surface area contributed by atoms with Gasteiger partial charge in [-0.15, -0.1) is 0 Å². The topological polar surface area (TPSA) is 88.5 Å². The van der Waals surface area contributed by atoms with Gasteiger partial charge in [-0.25, -0.2) is 19.9 Å². The van der Waals surface area contributed by atoms with Crippen LogP contribution < -0.4 is 14.9 Å². The lowest BCUT2D eigenvalue weighted by Crippen LogP contribution is -2.41. The number of aromatic nitrogens is 4. The van der Waals surface area contributed by atoms with Crippen LogP contribution in [0, 0.1) is 0 Å². The van der Waals surface area contributed by atoms with Gasteiger partial charge in [-0.2, -0.15) is 0 Å². The molecule has 2 spiro atoms. The summed E-state index contributed by atoms with van der Waals surface area (Å²) < 4.78 is 26.1. The molecule has 7 heterocycles. The maximum absolute atomic E-state index is 6.74. The summed E-state index contributed by atoms with van der Waals surface area (Å²) in [5, 5.41) is 4.74. The number of hydrogen-bond donors (Lipinski definition) is 0. The lowest BCUT2D eigenvalue weighted by Gasteiger charge is -2.39. The van der Waals surface area contributed by atoms with E-state index < -0.39 is 29.2 Å². The van der Waals surface area contributed by atoms with E-state index in [0.717, 1.165) is 117 Å². The highest BCUT2D eigenvalue weighted by molar-refractivity contribution is 6.62. The van der Waals surface area contributed by atoms with Crippen molar-refractivity contribution in [3.05, 3.63) is 365 Å². The number of halogens is 1. The van der Waals surface area contributed by atoms with E-state index in [9.17, 15) is 0 Å². The van der Waals surface area contributed by atoms with Crippen molar-refractivity contribution < 1.29 is 18.8 Å². The van der Waals surface area contributed by atoms with Gasteiger partial charge in [0.1, 0.15) is 28.2 Å². The Morgan fingerprint density at radius 1 is 0.275 bits per heavy atom. The number of para-hydroxylation sites is 2. The molecule has 1 fully saturated rings. The van der Waals surface area contributed by atoms with Crippen LogP contribution in [0.2, 0.25) is 5.15 Å². The molecule has 0 radical (unpaired) electrons. The first kappa shape index (κ1) is 61.3. The van der Waals surface area contributed by atoms with Crippen LogP contribution in [-0.4, -0.2) is 38.3 Å². The first-order valence-corrected chi connectivity index (χ1v) is 35.1. The lowest BCUT2D eigenvalue weighted by atomic mass is 9.65. The minimum atomic E-state index is -0.472. The van der Waals surface area contributed by atoms with Crippen molar-refractivity contribution in [2.45, 2.75) is 49.7 Å². The fraction of sp³-hybridized carbons (Fsp3) is 0.0870. The monoisotopic (exact) mass is 1330 g/mol. The van der Waals surface area contributed by atoms with Gasteiger partial charge in [0.25, 0.3) is 0 Å². The smallest absolute Gasteiger partial charge is 0.457 e. The highest BCUT2D eigenvalue weighted by Crippen LogP contribution is 2.64. The van der Waals surface area contributed by atoms with Gasteiger partial charge in [0.05, 0.1) is 61.2 Å². The number of fused-ring (bicyclic) bond motifs is 24. The van der Waals surface area contributed by atoms with Gasteiger partial charge in [0, 0.05) is 60.5 Å². The molecule has 12 aromatic carbocycles. The van der Waals surface area contributed by atoms with E-state index in [1.54, 1.807) is 6.07 Å². The van der Waals surface area contributed by atoms with Crippen molar-refractivity contribution >= 4 is 67.8 Å².